The first-order chi connectivity index (χ1) is 6.89. The average molecular weight is 209 g/mol. The summed E-state index contributed by atoms with van der Waals surface area (Å²) in [6.07, 6.45) is 3.11. The minimum absolute atomic E-state index is 0.264. The number of hydrogen-bond donors (Lipinski definition) is 1. The van der Waals surface area contributed by atoms with Gasteiger partial charge in [0.25, 0.3) is 0 Å². The fraction of sp³-hybridized carbons (Fsp3) is 0.917. The standard InChI is InChI=1S/C12H23N3/c1-11(2)5-6-12(9-11,10-13)14-7-8-15(3)4/h14H,5-9H2,1-4H3. The van der Waals surface area contributed by atoms with Crippen molar-refractivity contribution in [1.82, 2.24) is 10.2 Å². The Bertz CT molecular complexity index is 252. The molecule has 1 aliphatic carbocycles. The topological polar surface area (TPSA) is 39.1 Å². The molecule has 0 aliphatic heterocycles. The first kappa shape index (κ1) is 12.5. The fourth-order valence-corrected chi connectivity index (χ4v) is 2.35. The molecular formula is C12H23N3. The lowest BCUT2D eigenvalue weighted by atomic mass is 9.88. The van der Waals surface area contributed by atoms with Gasteiger partial charge in [-0.15, -0.1) is 0 Å². The number of nitrogens with zero attached hydrogens (tertiary/aromatic N) is 2. The van der Waals surface area contributed by atoms with Crippen molar-refractivity contribution in [1.29, 1.82) is 5.26 Å². The number of nitrogens with one attached hydrogen (secondary N) is 1. The Balaban J connectivity index is 2.46. The van der Waals surface area contributed by atoms with Gasteiger partial charge in [0.05, 0.1) is 6.07 Å². The third-order valence-corrected chi connectivity index (χ3v) is 3.25. The lowest BCUT2D eigenvalue weighted by Gasteiger charge is -2.25. The van der Waals surface area contributed by atoms with Crippen molar-refractivity contribution in [2.24, 2.45) is 5.41 Å². The second-order valence-corrected chi connectivity index (χ2v) is 5.76. The van der Waals surface area contributed by atoms with Crippen molar-refractivity contribution in [3.63, 3.8) is 0 Å². The molecule has 1 fully saturated rings. The van der Waals surface area contributed by atoms with E-state index in [0.29, 0.717) is 5.41 Å². The van der Waals surface area contributed by atoms with Crippen molar-refractivity contribution in [2.75, 3.05) is 27.2 Å². The molecule has 0 heterocycles. The first-order valence-corrected chi connectivity index (χ1v) is 5.70. The molecule has 0 spiro atoms. The summed E-state index contributed by atoms with van der Waals surface area (Å²) in [6.45, 7) is 6.39. The summed E-state index contributed by atoms with van der Waals surface area (Å²) >= 11 is 0. The van der Waals surface area contributed by atoms with E-state index in [1.54, 1.807) is 0 Å². The molecule has 0 amide bonds. The number of rotatable bonds is 4. The maximum atomic E-state index is 9.29. The first-order valence-electron chi connectivity index (χ1n) is 5.70. The largest absolute Gasteiger partial charge is 0.308 e. The van der Waals surface area contributed by atoms with Gasteiger partial charge < -0.3 is 4.90 Å². The predicted octanol–water partition coefficient (Wildman–Crippen LogP) is 1.61. The predicted molar refractivity (Wildman–Crippen MR) is 62.5 cm³/mol. The molecule has 0 bridgehead atoms. The Hall–Kier alpha value is -0.590. The second-order valence-electron chi connectivity index (χ2n) is 5.76. The van der Waals surface area contributed by atoms with Crippen LogP contribution in [0.15, 0.2) is 0 Å². The second kappa shape index (κ2) is 4.51. The van der Waals surface area contributed by atoms with Crippen LogP contribution in [-0.2, 0) is 0 Å². The van der Waals surface area contributed by atoms with Crippen LogP contribution in [0, 0.1) is 16.7 Å². The zero-order chi connectivity index (χ0) is 11.5. The molecule has 0 aromatic carbocycles. The van der Waals surface area contributed by atoms with Crippen molar-refractivity contribution in [3.05, 3.63) is 0 Å². The molecule has 1 rings (SSSR count). The van der Waals surface area contributed by atoms with E-state index in [4.69, 9.17) is 0 Å². The Morgan fingerprint density at radius 2 is 2.00 bits per heavy atom. The molecule has 0 aromatic rings. The number of nitriles is 1. The van der Waals surface area contributed by atoms with E-state index in [9.17, 15) is 5.26 Å². The monoisotopic (exact) mass is 209 g/mol. The van der Waals surface area contributed by atoms with Gasteiger partial charge in [-0.2, -0.15) is 5.26 Å². The van der Waals surface area contributed by atoms with E-state index >= 15 is 0 Å². The summed E-state index contributed by atoms with van der Waals surface area (Å²) in [6, 6.07) is 2.48. The van der Waals surface area contributed by atoms with Crippen LogP contribution in [0.4, 0.5) is 0 Å². The third-order valence-electron chi connectivity index (χ3n) is 3.25. The van der Waals surface area contributed by atoms with E-state index < -0.39 is 0 Å². The lowest BCUT2D eigenvalue weighted by molar-refractivity contribution is 0.318. The summed E-state index contributed by atoms with van der Waals surface area (Å²) in [5, 5.41) is 12.7. The Labute approximate surface area is 93.5 Å². The van der Waals surface area contributed by atoms with Gasteiger partial charge in [0, 0.05) is 13.1 Å². The maximum absolute atomic E-state index is 9.29. The van der Waals surface area contributed by atoms with Gasteiger partial charge in [0.2, 0.25) is 0 Å². The molecule has 86 valence electrons. The molecule has 3 nitrogen and oxygen atoms in total. The van der Waals surface area contributed by atoms with Gasteiger partial charge in [0.15, 0.2) is 0 Å². The van der Waals surface area contributed by atoms with E-state index in [2.05, 4.69) is 44.2 Å². The zero-order valence-electron chi connectivity index (χ0n) is 10.4. The van der Waals surface area contributed by atoms with Crippen molar-refractivity contribution < 1.29 is 0 Å². The molecule has 1 saturated carbocycles. The maximum Gasteiger partial charge on any atom is 0.107 e. The number of hydrogen-bond acceptors (Lipinski definition) is 3. The van der Waals surface area contributed by atoms with Crippen LogP contribution in [0.5, 0.6) is 0 Å². The van der Waals surface area contributed by atoms with Gasteiger partial charge in [-0.05, 0) is 38.8 Å². The van der Waals surface area contributed by atoms with Crippen LogP contribution in [0.25, 0.3) is 0 Å². The highest BCUT2D eigenvalue weighted by Crippen LogP contribution is 2.43. The molecule has 1 unspecified atom stereocenters. The summed E-state index contributed by atoms with van der Waals surface area (Å²) in [7, 11) is 4.11. The molecule has 0 radical (unpaired) electrons. The van der Waals surface area contributed by atoms with E-state index in [0.717, 1.165) is 32.4 Å². The average Bonchev–Trinajstić information content (AvgIpc) is 2.42. The highest BCUT2D eigenvalue weighted by Gasteiger charge is 2.42. The van der Waals surface area contributed by atoms with Crippen LogP contribution in [-0.4, -0.2) is 37.6 Å². The normalized spacial score (nSPS) is 29.3. The highest BCUT2D eigenvalue weighted by atomic mass is 15.1. The summed E-state index contributed by atoms with van der Waals surface area (Å²) in [5.74, 6) is 0. The minimum atomic E-state index is -0.264. The van der Waals surface area contributed by atoms with Gasteiger partial charge in [-0.1, -0.05) is 13.8 Å². The molecule has 1 aliphatic rings. The summed E-state index contributed by atoms with van der Waals surface area (Å²) in [4.78, 5) is 2.14. The van der Waals surface area contributed by atoms with Crippen molar-refractivity contribution >= 4 is 0 Å². The quantitative estimate of drug-likeness (QED) is 0.764. The molecule has 1 atom stereocenters. The lowest BCUT2D eigenvalue weighted by Crippen LogP contribution is -2.45. The van der Waals surface area contributed by atoms with E-state index in [-0.39, 0.29) is 5.54 Å². The van der Waals surface area contributed by atoms with Crippen molar-refractivity contribution in [3.8, 4) is 6.07 Å². The Morgan fingerprint density at radius 1 is 1.33 bits per heavy atom. The Kier molecular flexibility index (Phi) is 3.75. The minimum Gasteiger partial charge on any atom is -0.308 e. The molecule has 0 saturated heterocycles. The van der Waals surface area contributed by atoms with Crippen molar-refractivity contribution in [2.45, 2.75) is 38.6 Å². The highest BCUT2D eigenvalue weighted by molar-refractivity contribution is 5.13. The summed E-state index contributed by atoms with van der Waals surface area (Å²) < 4.78 is 0. The van der Waals surface area contributed by atoms with Gasteiger partial charge in [-0.3, -0.25) is 5.32 Å². The number of likely N-dealkylation sites (N-methyl/N-ethyl adjacent to an activating group) is 1. The molecular weight excluding hydrogens is 186 g/mol. The van der Waals surface area contributed by atoms with Crippen LogP contribution < -0.4 is 5.32 Å². The molecule has 1 N–H and O–H groups in total. The van der Waals surface area contributed by atoms with E-state index in [1.165, 1.54) is 0 Å². The Morgan fingerprint density at radius 3 is 2.40 bits per heavy atom. The van der Waals surface area contributed by atoms with Gasteiger partial charge in [0.1, 0.15) is 5.54 Å². The molecule has 15 heavy (non-hydrogen) atoms. The SMILES string of the molecule is CN(C)CCNC1(C#N)CCC(C)(C)C1. The molecule has 0 aromatic heterocycles. The van der Waals surface area contributed by atoms with Gasteiger partial charge >= 0.3 is 0 Å². The van der Waals surface area contributed by atoms with Crippen LogP contribution in [0.2, 0.25) is 0 Å². The fourth-order valence-electron chi connectivity index (χ4n) is 2.35. The summed E-state index contributed by atoms with van der Waals surface area (Å²) in [5.41, 5.74) is 0.0559. The van der Waals surface area contributed by atoms with Crippen LogP contribution in [0.3, 0.4) is 0 Å². The van der Waals surface area contributed by atoms with E-state index in [1.807, 2.05) is 0 Å². The smallest absolute Gasteiger partial charge is 0.107 e. The third kappa shape index (κ3) is 3.48. The zero-order valence-corrected chi connectivity index (χ0v) is 10.4. The van der Waals surface area contributed by atoms with Crippen LogP contribution >= 0.6 is 0 Å². The van der Waals surface area contributed by atoms with Gasteiger partial charge in [-0.25, -0.2) is 0 Å². The molecule has 3 heteroatoms. The van der Waals surface area contributed by atoms with Crippen LogP contribution in [0.1, 0.15) is 33.1 Å².